The minimum atomic E-state index is -0.347. The van der Waals surface area contributed by atoms with Gasteiger partial charge in [-0.05, 0) is 55.2 Å². The lowest BCUT2D eigenvalue weighted by Crippen LogP contribution is -2.38. The SMILES string of the molecule is CC(NCc1ccc(OCCCc2cccc(Br)c2)cc1)C(N)=O. The van der Waals surface area contributed by atoms with Crippen LogP contribution in [0.25, 0.3) is 0 Å². The standard InChI is InChI=1S/C19H23BrN2O2/c1-14(19(21)23)22-13-16-7-9-18(10-8-16)24-11-3-5-15-4-2-6-17(20)12-15/h2,4,6-10,12,14,22H,3,5,11,13H2,1H3,(H2,21,23). The van der Waals surface area contributed by atoms with Gasteiger partial charge >= 0.3 is 0 Å². The van der Waals surface area contributed by atoms with Gasteiger partial charge in [-0.2, -0.15) is 0 Å². The Balaban J connectivity index is 1.71. The number of hydrogen-bond donors (Lipinski definition) is 2. The van der Waals surface area contributed by atoms with E-state index in [-0.39, 0.29) is 11.9 Å². The van der Waals surface area contributed by atoms with E-state index < -0.39 is 0 Å². The molecule has 3 N–H and O–H groups in total. The molecule has 1 unspecified atom stereocenters. The fourth-order valence-corrected chi connectivity index (χ4v) is 2.68. The maximum Gasteiger partial charge on any atom is 0.234 e. The van der Waals surface area contributed by atoms with E-state index in [4.69, 9.17) is 10.5 Å². The van der Waals surface area contributed by atoms with Gasteiger partial charge in [-0.25, -0.2) is 0 Å². The Morgan fingerprint density at radius 3 is 2.62 bits per heavy atom. The molecule has 2 rings (SSSR count). The van der Waals surface area contributed by atoms with Gasteiger partial charge in [-0.15, -0.1) is 0 Å². The van der Waals surface area contributed by atoms with E-state index in [0.717, 1.165) is 28.6 Å². The fraction of sp³-hybridized carbons (Fsp3) is 0.316. The Labute approximate surface area is 151 Å². The minimum absolute atomic E-state index is 0.334. The van der Waals surface area contributed by atoms with Crippen molar-refractivity contribution in [3.05, 3.63) is 64.1 Å². The van der Waals surface area contributed by atoms with Crippen molar-refractivity contribution in [1.82, 2.24) is 5.32 Å². The molecule has 0 radical (unpaired) electrons. The summed E-state index contributed by atoms with van der Waals surface area (Å²) in [7, 11) is 0. The van der Waals surface area contributed by atoms with E-state index in [1.807, 2.05) is 36.4 Å². The lowest BCUT2D eigenvalue weighted by Gasteiger charge is -2.11. The highest BCUT2D eigenvalue weighted by Crippen LogP contribution is 2.15. The van der Waals surface area contributed by atoms with Gasteiger partial charge in [-0.3, -0.25) is 4.79 Å². The molecular weight excluding hydrogens is 368 g/mol. The summed E-state index contributed by atoms with van der Waals surface area (Å²) in [6, 6.07) is 15.9. The molecule has 0 bridgehead atoms. The number of nitrogens with two attached hydrogens (primary N) is 1. The van der Waals surface area contributed by atoms with Gasteiger partial charge in [0.1, 0.15) is 5.75 Å². The summed E-state index contributed by atoms with van der Waals surface area (Å²) in [6.07, 6.45) is 1.96. The van der Waals surface area contributed by atoms with Gasteiger partial charge in [0.05, 0.1) is 12.6 Å². The molecule has 0 saturated carbocycles. The summed E-state index contributed by atoms with van der Waals surface area (Å²) in [5.74, 6) is 0.511. The van der Waals surface area contributed by atoms with Gasteiger partial charge in [0.15, 0.2) is 0 Å². The molecule has 0 aromatic heterocycles. The van der Waals surface area contributed by atoms with Crippen molar-refractivity contribution < 1.29 is 9.53 Å². The zero-order valence-electron chi connectivity index (χ0n) is 13.8. The number of benzene rings is 2. The number of nitrogens with one attached hydrogen (secondary N) is 1. The predicted molar refractivity (Wildman–Crippen MR) is 99.9 cm³/mol. The maximum atomic E-state index is 11.0. The Morgan fingerprint density at radius 2 is 1.96 bits per heavy atom. The van der Waals surface area contributed by atoms with Gasteiger partial charge in [0.25, 0.3) is 0 Å². The first-order valence-corrected chi connectivity index (χ1v) is 8.83. The van der Waals surface area contributed by atoms with Crippen molar-refractivity contribution in [2.45, 2.75) is 32.4 Å². The second-order valence-electron chi connectivity index (χ2n) is 5.73. The largest absolute Gasteiger partial charge is 0.494 e. The molecule has 4 nitrogen and oxygen atoms in total. The number of ether oxygens (including phenoxy) is 1. The number of rotatable bonds is 9. The first kappa shape index (κ1) is 18.5. The summed E-state index contributed by atoms with van der Waals surface area (Å²) >= 11 is 3.48. The molecular formula is C19H23BrN2O2. The molecule has 2 aromatic carbocycles. The molecule has 0 aliphatic heterocycles. The molecule has 0 saturated heterocycles. The normalized spacial score (nSPS) is 11.9. The lowest BCUT2D eigenvalue weighted by atomic mass is 10.1. The quantitative estimate of drug-likeness (QED) is 0.644. The predicted octanol–water partition coefficient (Wildman–Crippen LogP) is 3.42. The molecule has 0 fully saturated rings. The highest BCUT2D eigenvalue weighted by Gasteiger charge is 2.06. The molecule has 128 valence electrons. The van der Waals surface area contributed by atoms with E-state index in [2.05, 4.69) is 33.4 Å². The van der Waals surface area contributed by atoms with Crippen molar-refractivity contribution in [2.75, 3.05) is 6.61 Å². The Hall–Kier alpha value is -1.85. The van der Waals surface area contributed by atoms with Gasteiger partial charge in [0.2, 0.25) is 5.91 Å². The van der Waals surface area contributed by atoms with Crippen molar-refractivity contribution in [2.24, 2.45) is 5.73 Å². The van der Waals surface area contributed by atoms with E-state index >= 15 is 0 Å². The lowest BCUT2D eigenvalue weighted by molar-refractivity contribution is -0.119. The molecule has 0 aliphatic carbocycles. The van der Waals surface area contributed by atoms with Crippen LogP contribution >= 0.6 is 15.9 Å². The molecule has 2 aromatic rings. The van der Waals surface area contributed by atoms with Crippen molar-refractivity contribution in [3.63, 3.8) is 0 Å². The Kier molecular flexibility index (Phi) is 7.28. The number of primary amides is 1. The zero-order chi connectivity index (χ0) is 17.4. The molecule has 1 amide bonds. The van der Waals surface area contributed by atoms with Crippen molar-refractivity contribution in [3.8, 4) is 5.75 Å². The van der Waals surface area contributed by atoms with Crippen LogP contribution in [-0.4, -0.2) is 18.6 Å². The third-order valence-corrected chi connectivity index (χ3v) is 4.22. The van der Waals surface area contributed by atoms with Crippen molar-refractivity contribution in [1.29, 1.82) is 0 Å². The average molecular weight is 391 g/mol. The number of carbonyl (C=O) groups is 1. The Morgan fingerprint density at radius 1 is 1.21 bits per heavy atom. The van der Waals surface area contributed by atoms with Crippen LogP contribution in [-0.2, 0) is 17.8 Å². The highest BCUT2D eigenvalue weighted by molar-refractivity contribution is 9.10. The third kappa shape index (κ3) is 6.34. The monoisotopic (exact) mass is 390 g/mol. The molecule has 0 heterocycles. The smallest absolute Gasteiger partial charge is 0.234 e. The molecule has 0 aliphatic rings. The second-order valence-corrected chi connectivity index (χ2v) is 6.65. The van der Waals surface area contributed by atoms with Crippen LogP contribution in [0.15, 0.2) is 53.0 Å². The maximum absolute atomic E-state index is 11.0. The molecule has 24 heavy (non-hydrogen) atoms. The van der Waals surface area contributed by atoms with Crippen LogP contribution in [0.3, 0.4) is 0 Å². The second kappa shape index (κ2) is 9.45. The van der Waals surface area contributed by atoms with Crippen LogP contribution in [0, 0.1) is 0 Å². The number of amides is 1. The minimum Gasteiger partial charge on any atom is -0.494 e. The zero-order valence-corrected chi connectivity index (χ0v) is 15.4. The number of halogens is 1. The van der Waals surface area contributed by atoms with Crippen molar-refractivity contribution >= 4 is 21.8 Å². The van der Waals surface area contributed by atoms with Crippen LogP contribution in [0.4, 0.5) is 0 Å². The number of aryl methyl sites for hydroxylation is 1. The first-order valence-electron chi connectivity index (χ1n) is 8.03. The van der Waals surface area contributed by atoms with Gasteiger partial charge in [-0.1, -0.05) is 40.2 Å². The molecule has 1 atom stereocenters. The third-order valence-electron chi connectivity index (χ3n) is 3.73. The summed E-state index contributed by atoms with van der Waals surface area (Å²) in [4.78, 5) is 11.0. The Bertz CT molecular complexity index is 659. The van der Waals surface area contributed by atoms with Crippen LogP contribution < -0.4 is 15.8 Å². The summed E-state index contributed by atoms with van der Waals surface area (Å²) < 4.78 is 6.88. The average Bonchev–Trinajstić information content (AvgIpc) is 2.57. The highest BCUT2D eigenvalue weighted by atomic mass is 79.9. The first-order chi connectivity index (χ1) is 11.5. The van der Waals surface area contributed by atoms with E-state index in [1.54, 1.807) is 6.92 Å². The number of carbonyl (C=O) groups excluding carboxylic acids is 1. The van der Waals surface area contributed by atoms with E-state index in [1.165, 1.54) is 5.56 Å². The van der Waals surface area contributed by atoms with Gasteiger partial charge < -0.3 is 15.8 Å². The summed E-state index contributed by atoms with van der Waals surface area (Å²) in [5.41, 5.74) is 7.61. The topological polar surface area (TPSA) is 64.3 Å². The summed E-state index contributed by atoms with van der Waals surface area (Å²) in [5, 5.41) is 3.07. The molecule has 5 heteroatoms. The van der Waals surface area contributed by atoms with Crippen LogP contribution in [0.5, 0.6) is 5.75 Å². The molecule has 0 spiro atoms. The van der Waals surface area contributed by atoms with Gasteiger partial charge in [0, 0.05) is 11.0 Å². The van der Waals surface area contributed by atoms with E-state index in [9.17, 15) is 4.79 Å². The fourth-order valence-electron chi connectivity index (χ4n) is 2.23. The summed E-state index contributed by atoms with van der Waals surface area (Å²) in [6.45, 7) is 3.04. The number of hydrogen-bond acceptors (Lipinski definition) is 3. The van der Waals surface area contributed by atoms with Crippen LogP contribution in [0.1, 0.15) is 24.5 Å². The van der Waals surface area contributed by atoms with E-state index in [0.29, 0.717) is 13.2 Å². The van der Waals surface area contributed by atoms with Crippen LogP contribution in [0.2, 0.25) is 0 Å².